The quantitative estimate of drug-likeness (QED) is 0.465. The van der Waals surface area contributed by atoms with Gasteiger partial charge in [0.2, 0.25) is 15.9 Å². The predicted molar refractivity (Wildman–Crippen MR) is 120 cm³/mol. The zero-order valence-corrected chi connectivity index (χ0v) is 19.6. The summed E-state index contributed by atoms with van der Waals surface area (Å²) in [6, 6.07) is 12.1. The van der Waals surface area contributed by atoms with Gasteiger partial charge >= 0.3 is 5.97 Å². The first-order valence-electron chi connectivity index (χ1n) is 10.4. The van der Waals surface area contributed by atoms with E-state index in [2.05, 4.69) is 10.2 Å². The molecular weight excluding hydrogens is 430 g/mol. The number of nitrogens with zero attached hydrogens (tertiary/aromatic N) is 3. The van der Waals surface area contributed by atoms with Gasteiger partial charge in [0.1, 0.15) is 0 Å². The lowest BCUT2D eigenvalue weighted by Crippen LogP contribution is -2.30. The van der Waals surface area contributed by atoms with E-state index in [9.17, 15) is 13.2 Å². The number of benzene rings is 2. The predicted octanol–water partition coefficient (Wildman–Crippen LogP) is 4.30. The summed E-state index contributed by atoms with van der Waals surface area (Å²) < 4.78 is 38.2. The Morgan fingerprint density at radius 2 is 1.72 bits per heavy atom. The van der Waals surface area contributed by atoms with Gasteiger partial charge in [-0.2, -0.15) is 4.31 Å². The van der Waals surface area contributed by atoms with Gasteiger partial charge in [-0.05, 0) is 50.6 Å². The number of hydrogen-bond donors (Lipinski definition) is 0. The molecular formula is C23H27N3O5S. The number of carbonyl (C=O) groups is 1. The standard InChI is InChI=1S/C23H27N3O5S/c1-6-26(7-2)32(28,29)19-13-10-16(4)20(14-19)23(27)30-17(5)21-24-25-22(31-21)18-11-8-15(3)9-12-18/h8-14,17H,6-7H2,1-5H3. The van der Waals surface area contributed by atoms with Crippen molar-refractivity contribution in [1.82, 2.24) is 14.5 Å². The topological polar surface area (TPSA) is 103 Å². The zero-order valence-electron chi connectivity index (χ0n) is 18.8. The van der Waals surface area contributed by atoms with Gasteiger partial charge in [-0.1, -0.05) is 37.6 Å². The first kappa shape index (κ1) is 23.6. The Hall–Kier alpha value is -3.04. The van der Waals surface area contributed by atoms with E-state index in [1.54, 1.807) is 33.8 Å². The zero-order chi connectivity index (χ0) is 23.5. The van der Waals surface area contributed by atoms with Crippen molar-refractivity contribution in [2.24, 2.45) is 0 Å². The number of esters is 1. The molecule has 9 heteroatoms. The molecule has 0 saturated heterocycles. The molecule has 0 aliphatic heterocycles. The Morgan fingerprint density at radius 1 is 1.06 bits per heavy atom. The van der Waals surface area contributed by atoms with Crippen LogP contribution < -0.4 is 0 Å². The molecule has 3 aromatic rings. The van der Waals surface area contributed by atoms with Gasteiger partial charge in [0.15, 0.2) is 6.10 Å². The highest BCUT2D eigenvalue weighted by Gasteiger charge is 2.25. The number of ether oxygens (including phenoxy) is 1. The van der Waals surface area contributed by atoms with Crippen LogP contribution in [0.1, 0.15) is 54.3 Å². The van der Waals surface area contributed by atoms with E-state index in [1.165, 1.54) is 16.4 Å². The van der Waals surface area contributed by atoms with Crippen molar-refractivity contribution < 1.29 is 22.4 Å². The molecule has 0 saturated carbocycles. The van der Waals surface area contributed by atoms with Crippen molar-refractivity contribution in [2.45, 2.75) is 45.6 Å². The van der Waals surface area contributed by atoms with Crippen LogP contribution in [0.4, 0.5) is 0 Å². The van der Waals surface area contributed by atoms with Crippen molar-refractivity contribution in [3.05, 3.63) is 65.0 Å². The fourth-order valence-electron chi connectivity index (χ4n) is 3.18. The SMILES string of the molecule is CCN(CC)S(=O)(=O)c1ccc(C)c(C(=O)OC(C)c2nnc(-c3ccc(C)cc3)o2)c1. The summed E-state index contributed by atoms with van der Waals surface area (Å²) in [5, 5.41) is 8.02. The van der Waals surface area contributed by atoms with E-state index >= 15 is 0 Å². The molecule has 0 aliphatic rings. The summed E-state index contributed by atoms with van der Waals surface area (Å²) in [7, 11) is -3.70. The molecule has 32 heavy (non-hydrogen) atoms. The third-order valence-corrected chi connectivity index (χ3v) is 7.19. The molecule has 1 heterocycles. The molecule has 0 amide bonds. The molecule has 0 bridgehead atoms. The summed E-state index contributed by atoms with van der Waals surface area (Å²) >= 11 is 0. The van der Waals surface area contributed by atoms with E-state index in [4.69, 9.17) is 9.15 Å². The third-order valence-electron chi connectivity index (χ3n) is 5.14. The maximum atomic E-state index is 12.8. The molecule has 8 nitrogen and oxygen atoms in total. The van der Waals surface area contributed by atoms with Crippen LogP contribution in [0.2, 0.25) is 0 Å². The van der Waals surface area contributed by atoms with Crippen LogP contribution >= 0.6 is 0 Å². The van der Waals surface area contributed by atoms with Crippen LogP contribution in [0.25, 0.3) is 11.5 Å². The Bertz CT molecular complexity index is 1200. The van der Waals surface area contributed by atoms with Gasteiger partial charge in [-0.25, -0.2) is 13.2 Å². The second-order valence-corrected chi connectivity index (χ2v) is 9.36. The molecule has 0 spiro atoms. The molecule has 0 N–H and O–H groups in total. The smallest absolute Gasteiger partial charge is 0.339 e. The lowest BCUT2D eigenvalue weighted by molar-refractivity contribution is 0.0278. The van der Waals surface area contributed by atoms with Gasteiger partial charge in [-0.15, -0.1) is 10.2 Å². The largest absolute Gasteiger partial charge is 0.449 e. The summed E-state index contributed by atoms with van der Waals surface area (Å²) in [6.07, 6.45) is -0.809. The van der Waals surface area contributed by atoms with Crippen molar-refractivity contribution in [3.8, 4) is 11.5 Å². The highest BCUT2D eigenvalue weighted by atomic mass is 32.2. The molecule has 1 aromatic heterocycles. The Kier molecular flexibility index (Phi) is 7.10. The summed E-state index contributed by atoms with van der Waals surface area (Å²) in [5.41, 5.74) is 2.64. The molecule has 170 valence electrons. The summed E-state index contributed by atoms with van der Waals surface area (Å²) in [4.78, 5) is 12.9. The maximum Gasteiger partial charge on any atom is 0.339 e. The van der Waals surface area contributed by atoms with Crippen LogP contribution in [0.3, 0.4) is 0 Å². The van der Waals surface area contributed by atoms with Crippen molar-refractivity contribution in [3.63, 3.8) is 0 Å². The second kappa shape index (κ2) is 9.62. The number of aromatic nitrogens is 2. The van der Waals surface area contributed by atoms with E-state index in [0.717, 1.165) is 11.1 Å². The van der Waals surface area contributed by atoms with Crippen molar-refractivity contribution in [2.75, 3.05) is 13.1 Å². The molecule has 1 atom stereocenters. The highest BCUT2D eigenvalue weighted by molar-refractivity contribution is 7.89. The van der Waals surface area contributed by atoms with Crippen molar-refractivity contribution >= 4 is 16.0 Å². The van der Waals surface area contributed by atoms with E-state index in [-0.39, 0.29) is 16.3 Å². The van der Waals surface area contributed by atoms with Gasteiger partial charge in [0, 0.05) is 18.7 Å². The monoisotopic (exact) mass is 457 g/mol. The van der Waals surface area contributed by atoms with Crippen LogP contribution in [-0.4, -0.2) is 42.0 Å². The first-order valence-corrected chi connectivity index (χ1v) is 11.8. The Morgan fingerprint density at radius 3 is 2.34 bits per heavy atom. The number of hydrogen-bond acceptors (Lipinski definition) is 7. The molecule has 0 aliphatic carbocycles. The van der Waals surface area contributed by atoms with E-state index in [1.807, 2.05) is 31.2 Å². The van der Waals surface area contributed by atoms with Crippen LogP contribution in [0.15, 0.2) is 51.8 Å². The Labute approximate surface area is 188 Å². The number of sulfonamides is 1. The molecule has 1 unspecified atom stereocenters. The summed E-state index contributed by atoms with van der Waals surface area (Å²) in [5.74, 6) is -0.188. The van der Waals surface area contributed by atoms with Gasteiger partial charge in [0.05, 0.1) is 10.5 Å². The van der Waals surface area contributed by atoms with Crippen molar-refractivity contribution in [1.29, 1.82) is 0 Å². The average Bonchev–Trinajstić information content (AvgIpc) is 3.25. The fraction of sp³-hybridized carbons (Fsp3) is 0.348. The fourth-order valence-corrected chi connectivity index (χ4v) is 4.66. The third kappa shape index (κ3) is 4.89. The molecule has 2 aromatic carbocycles. The van der Waals surface area contributed by atoms with Gasteiger partial charge in [-0.3, -0.25) is 0 Å². The minimum atomic E-state index is -3.70. The van der Waals surface area contributed by atoms with Crippen LogP contribution in [0.5, 0.6) is 0 Å². The van der Waals surface area contributed by atoms with Gasteiger partial charge < -0.3 is 9.15 Å². The Balaban J connectivity index is 1.81. The average molecular weight is 458 g/mol. The molecule has 0 radical (unpaired) electrons. The minimum absolute atomic E-state index is 0.0471. The first-order chi connectivity index (χ1) is 15.2. The highest BCUT2D eigenvalue weighted by Crippen LogP contribution is 2.25. The van der Waals surface area contributed by atoms with Gasteiger partial charge in [0.25, 0.3) is 5.89 Å². The number of aryl methyl sites for hydroxylation is 2. The van der Waals surface area contributed by atoms with E-state index in [0.29, 0.717) is 24.5 Å². The number of rotatable bonds is 8. The maximum absolute atomic E-state index is 12.8. The normalized spacial score (nSPS) is 12.7. The van der Waals surface area contributed by atoms with Crippen LogP contribution in [-0.2, 0) is 14.8 Å². The molecule has 0 fully saturated rings. The molecule has 3 rings (SSSR count). The number of carbonyl (C=O) groups excluding carboxylic acids is 1. The minimum Gasteiger partial charge on any atom is -0.449 e. The van der Waals surface area contributed by atoms with E-state index < -0.39 is 22.1 Å². The lowest BCUT2D eigenvalue weighted by atomic mass is 10.1. The lowest BCUT2D eigenvalue weighted by Gasteiger charge is -2.19. The summed E-state index contributed by atoms with van der Waals surface area (Å²) in [6.45, 7) is 9.53. The van der Waals surface area contributed by atoms with Crippen LogP contribution in [0, 0.1) is 13.8 Å². The second-order valence-electron chi connectivity index (χ2n) is 7.43.